The molecule has 3 aromatic rings. The minimum absolute atomic E-state index is 0.117. The van der Waals surface area contributed by atoms with E-state index in [0.717, 1.165) is 35.1 Å². The molecule has 0 N–H and O–H groups in total. The fourth-order valence-corrected chi connectivity index (χ4v) is 4.96. The first-order chi connectivity index (χ1) is 12.2. The number of aromatic nitrogens is 5. The molecular weight excluding hydrogens is 356 g/mol. The van der Waals surface area contributed by atoms with Gasteiger partial charge in [0.05, 0.1) is 16.3 Å². The number of fused-ring (bicyclic) bond motifs is 1. The number of thiazole rings is 1. The summed E-state index contributed by atoms with van der Waals surface area (Å²) in [5.41, 5.74) is 1.02. The average molecular weight is 374 g/mol. The number of likely N-dealkylation sites (tertiary alicyclic amines) is 1. The summed E-state index contributed by atoms with van der Waals surface area (Å²) in [6.07, 6.45) is 2.51. The van der Waals surface area contributed by atoms with Crippen LogP contribution in [0.25, 0.3) is 10.2 Å². The van der Waals surface area contributed by atoms with Crippen LogP contribution in [-0.4, -0.2) is 48.3 Å². The Bertz CT molecular complexity index is 859. The van der Waals surface area contributed by atoms with Crippen LogP contribution >= 0.6 is 23.1 Å². The highest BCUT2D eigenvalue weighted by atomic mass is 32.2. The summed E-state index contributed by atoms with van der Waals surface area (Å²) in [5.74, 6) is 0.861. The summed E-state index contributed by atoms with van der Waals surface area (Å²) in [6.45, 7) is 0.815. The van der Waals surface area contributed by atoms with E-state index in [1.165, 1.54) is 16.5 Å². The van der Waals surface area contributed by atoms with E-state index in [1.807, 2.05) is 23.1 Å². The molecular formula is C16H18N6OS2. The van der Waals surface area contributed by atoms with Gasteiger partial charge in [-0.2, -0.15) is 0 Å². The maximum absolute atomic E-state index is 12.7. The summed E-state index contributed by atoms with van der Waals surface area (Å²) < 4.78 is 2.80. The number of hydrogen-bond acceptors (Lipinski definition) is 7. The Balaban J connectivity index is 1.42. The zero-order chi connectivity index (χ0) is 17.2. The number of para-hydroxylation sites is 1. The van der Waals surface area contributed by atoms with Gasteiger partial charge in [-0.3, -0.25) is 4.79 Å². The van der Waals surface area contributed by atoms with E-state index in [2.05, 4.69) is 21.6 Å². The molecule has 25 heavy (non-hydrogen) atoms. The van der Waals surface area contributed by atoms with Crippen LogP contribution in [0.3, 0.4) is 0 Å². The van der Waals surface area contributed by atoms with E-state index in [0.29, 0.717) is 12.2 Å². The molecule has 1 fully saturated rings. The van der Waals surface area contributed by atoms with Crippen molar-refractivity contribution in [3.63, 3.8) is 0 Å². The first-order valence-electron chi connectivity index (χ1n) is 8.22. The average Bonchev–Trinajstić information content (AvgIpc) is 3.33. The second-order valence-corrected chi connectivity index (χ2v) is 8.07. The fraction of sp³-hybridized carbons (Fsp3) is 0.438. The maximum atomic E-state index is 12.7. The van der Waals surface area contributed by atoms with Crippen LogP contribution in [0, 0.1) is 0 Å². The fourth-order valence-electron chi connectivity index (χ4n) is 3.07. The first-order valence-corrected chi connectivity index (χ1v) is 10.0. The molecule has 0 saturated carbocycles. The van der Waals surface area contributed by atoms with Crippen molar-refractivity contribution in [2.45, 2.75) is 30.5 Å². The van der Waals surface area contributed by atoms with Crippen LogP contribution in [-0.2, 0) is 11.8 Å². The Kier molecular flexibility index (Phi) is 4.67. The van der Waals surface area contributed by atoms with Gasteiger partial charge in [-0.25, -0.2) is 9.67 Å². The number of hydrogen-bond donors (Lipinski definition) is 0. The van der Waals surface area contributed by atoms with Gasteiger partial charge in [0, 0.05) is 25.8 Å². The molecule has 0 bridgehead atoms. The highest BCUT2D eigenvalue weighted by molar-refractivity contribution is 7.99. The van der Waals surface area contributed by atoms with Crippen molar-refractivity contribution in [2.24, 2.45) is 7.05 Å². The second-order valence-electron chi connectivity index (χ2n) is 5.95. The van der Waals surface area contributed by atoms with E-state index in [1.54, 1.807) is 23.1 Å². The lowest BCUT2D eigenvalue weighted by Crippen LogP contribution is -2.30. The normalized spacial score (nSPS) is 17.5. The molecule has 130 valence electrons. The molecule has 0 aliphatic carbocycles. The number of carbonyl (C=O) groups is 1. The number of thioether (sulfide) groups is 1. The molecule has 1 atom stereocenters. The van der Waals surface area contributed by atoms with Crippen LogP contribution in [0.4, 0.5) is 0 Å². The molecule has 2 aromatic heterocycles. The monoisotopic (exact) mass is 374 g/mol. The number of carbonyl (C=O) groups excluding carboxylic acids is 1. The van der Waals surface area contributed by atoms with Crippen LogP contribution < -0.4 is 0 Å². The van der Waals surface area contributed by atoms with Crippen molar-refractivity contribution in [3.8, 4) is 0 Å². The summed E-state index contributed by atoms with van der Waals surface area (Å²) >= 11 is 3.21. The number of amides is 1. The van der Waals surface area contributed by atoms with Gasteiger partial charge in [-0.05, 0) is 35.4 Å². The first kappa shape index (κ1) is 16.5. The van der Waals surface area contributed by atoms with Gasteiger partial charge in [0.1, 0.15) is 5.01 Å². The molecule has 1 aliphatic rings. The molecule has 4 rings (SSSR count). The number of tetrazole rings is 1. The Labute approximate surface area is 153 Å². The minimum atomic E-state index is 0.117. The molecule has 3 heterocycles. The Morgan fingerprint density at radius 3 is 3.08 bits per heavy atom. The van der Waals surface area contributed by atoms with E-state index >= 15 is 0 Å². The minimum Gasteiger partial charge on any atom is -0.333 e. The van der Waals surface area contributed by atoms with Crippen LogP contribution in [0.1, 0.15) is 30.3 Å². The maximum Gasteiger partial charge on any atom is 0.224 e. The largest absolute Gasteiger partial charge is 0.333 e. The predicted octanol–water partition coefficient (Wildman–Crippen LogP) is 2.67. The summed E-state index contributed by atoms with van der Waals surface area (Å²) in [7, 11) is 1.80. The summed E-state index contributed by atoms with van der Waals surface area (Å²) in [6, 6.07) is 8.26. The van der Waals surface area contributed by atoms with Gasteiger partial charge in [-0.15, -0.1) is 16.4 Å². The number of benzene rings is 1. The standard InChI is InChI=1S/C16H18N6OS2/c1-21-16(18-19-20-21)24-10-8-14(23)22-9-4-6-12(22)15-17-11-5-2-3-7-13(11)25-15/h2-3,5,7,12H,4,6,8-10H2,1H3. The molecule has 1 saturated heterocycles. The van der Waals surface area contributed by atoms with Crippen molar-refractivity contribution in [1.29, 1.82) is 0 Å². The lowest BCUT2D eigenvalue weighted by atomic mass is 10.2. The third kappa shape index (κ3) is 3.38. The summed E-state index contributed by atoms with van der Waals surface area (Å²) in [5, 5.41) is 13.1. The number of nitrogens with zero attached hydrogens (tertiary/aromatic N) is 6. The predicted molar refractivity (Wildman–Crippen MR) is 97.4 cm³/mol. The third-order valence-corrected chi connectivity index (χ3v) is 6.45. The van der Waals surface area contributed by atoms with E-state index in [4.69, 9.17) is 4.98 Å². The molecule has 1 amide bonds. The van der Waals surface area contributed by atoms with Gasteiger partial charge in [-0.1, -0.05) is 23.9 Å². The van der Waals surface area contributed by atoms with Crippen molar-refractivity contribution < 1.29 is 4.79 Å². The molecule has 0 radical (unpaired) electrons. The van der Waals surface area contributed by atoms with Gasteiger partial charge in [0.25, 0.3) is 0 Å². The molecule has 1 aliphatic heterocycles. The lowest BCUT2D eigenvalue weighted by molar-refractivity contribution is -0.131. The third-order valence-electron chi connectivity index (χ3n) is 4.30. The SMILES string of the molecule is Cn1nnnc1SCCC(=O)N1CCCC1c1nc2ccccc2s1. The lowest BCUT2D eigenvalue weighted by Gasteiger charge is -2.23. The van der Waals surface area contributed by atoms with Gasteiger partial charge >= 0.3 is 0 Å². The smallest absolute Gasteiger partial charge is 0.224 e. The molecule has 7 nitrogen and oxygen atoms in total. The van der Waals surface area contributed by atoms with E-state index < -0.39 is 0 Å². The van der Waals surface area contributed by atoms with Crippen LogP contribution in [0.15, 0.2) is 29.4 Å². The zero-order valence-electron chi connectivity index (χ0n) is 13.8. The van der Waals surface area contributed by atoms with Crippen LogP contribution in [0.2, 0.25) is 0 Å². The second kappa shape index (κ2) is 7.09. The zero-order valence-corrected chi connectivity index (χ0v) is 15.5. The van der Waals surface area contributed by atoms with Crippen molar-refractivity contribution in [1.82, 2.24) is 30.1 Å². The van der Waals surface area contributed by atoms with Gasteiger partial charge < -0.3 is 4.90 Å². The number of aryl methyl sites for hydroxylation is 1. The molecule has 1 aromatic carbocycles. The Morgan fingerprint density at radius 2 is 2.28 bits per heavy atom. The highest BCUT2D eigenvalue weighted by Gasteiger charge is 2.31. The Morgan fingerprint density at radius 1 is 1.40 bits per heavy atom. The van der Waals surface area contributed by atoms with Gasteiger partial charge in [0.15, 0.2) is 0 Å². The van der Waals surface area contributed by atoms with Gasteiger partial charge in [0.2, 0.25) is 11.1 Å². The molecule has 9 heteroatoms. The topological polar surface area (TPSA) is 76.8 Å². The van der Waals surface area contributed by atoms with Crippen molar-refractivity contribution in [2.75, 3.05) is 12.3 Å². The van der Waals surface area contributed by atoms with Crippen LogP contribution in [0.5, 0.6) is 0 Å². The molecule has 1 unspecified atom stereocenters. The number of rotatable bonds is 5. The quantitative estimate of drug-likeness (QED) is 0.639. The highest BCUT2D eigenvalue weighted by Crippen LogP contribution is 2.36. The summed E-state index contributed by atoms with van der Waals surface area (Å²) in [4.78, 5) is 19.4. The molecule has 0 spiro atoms. The van der Waals surface area contributed by atoms with Crippen molar-refractivity contribution >= 4 is 39.2 Å². The van der Waals surface area contributed by atoms with E-state index in [-0.39, 0.29) is 11.9 Å². The Hall–Kier alpha value is -2.00. The van der Waals surface area contributed by atoms with E-state index in [9.17, 15) is 4.79 Å². The van der Waals surface area contributed by atoms with Crippen molar-refractivity contribution in [3.05, 3.63) is 29.3 Å².